The molecule has 7 amide bonds. The first-order valence-electron chi connectivity index (χ1n) is 47.8. The van der Waals surface area contributed by atoms with E-state index in [0.717, 1.165) is 169 Å². The quantitative estimate of drug-likeness (QED) is 0.0137. The van der Waals surface area contributed by atoms with Crippen molar-refractivity contribution in [3.8, 4) is 5.75 Å². The first kappa shape index (κ1) is 124. The van der Waals surface area contributed by atoms with Gasteiger partial charge in [-0.3, -0.25) is 67.1 Å². The summed E-state index contributed by atoms with van der Waals surface area (Å²) in [5.74, 6) is -5.15. The Morgan fingerprint density at radius 2 is 0.453 bits per heavy atom. The highest BCUT2D eigenvalue weighted by Crippen LogP contribution is 2.26. The van der Waals surface area contributed by atoms with Crippen LogP contribution in [-0.2, 0) is 67.1 Å². The highest BCUT2D eigenvalue weighted by molar-refractivity contribution is 6.31. The van der Waals surface area contributed by atoms with Crippen molar-refractivity contribution >= 4 is 146 Å². The zero-order valence-electron chi connectivity index (χ0n) is 82.8. The molecule has 29 nitrogen and oxygen atoms in total. The maximum atomic E-state index is 12.8. The monoisotopic (exact) mass is 1970 g/mol. The lowest BCUT2D eigenvalue weighted by molar-refractivity contribution is -0.141. The summed E-state index contributed by atoms with van der Waals surface area (Å²) < 4.78 is 17.9. The lowest BCUT2D eigenvalue weighted by Gasteiger charge is -2.21. The summed E-state index contributed by atoms with van der Waals surface area (Å²) in [6.07, 6.45) is 25.6. The summed E-state index contributed by atoms with van der Waals surface area (Å²) in [6, 6.07) is 52.5. The van der Waals surface area contributed by atoms with Crippen molar-refractivity contribution < 1.29 is 112 Å². The van der Waals surface area contributed by atoms with Crippen molar-refractivity contribution in [1.29, 1.82) is 0 Å². The molecule has 7 rings (SSSR count). The number of unbranched alkanes of at least 4 members (excludes halogenated alkanes) is 20. The van der Waals surface area contributed by atoms with Crippen LogP contribution in [0.4, 0.5) is 44.2 Å². The summed E-state index contributed by atoms with van der Waals surface area (Å²) in [5, 5.41) is 60.8. The van der Waals surface area contributed by atoms with Crippen LogP contribution < -0.4 is 39.0 Å². The molecule has 0 radical (unpaired) electrons. The number of carboxylic acids is 7. The van der Waals surface area contributed by atoms with Gasteiger partial charge < -0.3 is 74.8 Å². The second-order valence-corrected chi connectivity index (χ2v) is 34.2. The molecule has 139 heavy (non-hydrogen) atoms. The van der Waals surface area contributed by atoms with Crippen molar-refractivity contribution in [3.05, 3.63) is 203 Å². The highest BCUT2D eigenvalue weighted by Gasteiger charge is 2.20. The second kappa shape index (κ2) is 75.5. The van der Waals surface area contributed by atoms with E-state index in [2.05, 4.69) is 0 Å². The number of rotatable bonds is 56. The van der Waals surface area contributed by atoms with E-state index >= 15 is 0 Å². The molecule has 0 unspecified atom stereocenters. The molecule has 0 spiro atoms. The summed E-state index contributed by atoms with van der Waals surface area (Å²) in [4.78, 5) is 168. The lowest BCUT2D eigenvalue weighted by Crippen LogP contribution is -2.30. The molecule has 0 saturated heterocycles. The third-order valence-corrected chi connectivity index (χ3v) is 22.5. The molecule has 7 aromatic carbocycles. The van der Waals surface area contributed by atoms with E-state index < -0.39 is 54.1 Å². The van der Waals surface area contributed by atoms with E-state index in [1.807, 2.05) is 150 Å². The summed E-state index contributed by atoms with van der Waals surface area (Å²) >= 11 is 11.5. The fraction of sp³-hybridized carbons (Fsp3) is 0.477. The van der Waals surface area contributed by atoms with Gasteiger partial charge in [0.25, 0.3) is 0 Å². The standard InChI is InChI=1S/C18H27NO3.C16H22ClNO3.C16H23NO4.2C16H23NO3.C15H20FNO3.C10H10ClNO3/c1-15-11-13-16(14-12-15)19(2)17(20)9-7-5-3-4-6-8-10-18(21)22;1-2-18(14-11-9-13(17)10-12-14)15(19)7-5-3-4-6-8-16(20)21;1-17(13-9-11-14(21-2)12-10-13)15(18)7-5-3-4-6-8-16(19)20;1-13-9-11-14(12-10-13)17(2)15(18)7-5-3-4-6-8-16(19)20;1-2-17(14-10-6-5-7-11-14)15(18)12-8-3-4-9-13-16(19)20;1-17(13-10-8-12(16)9-11-13)14(18)6-4-2-3-5-7-15(19)20;1-12(9(13)6-10(14)15)8-4-2-7(11)3-5-8/h11-14H,3-10H2,1-2H3,(H,21,22);9-12H,2-8H2,1H3,(H,20,21);9-12H,3-8H2,1-2H3,(H,19,20);9-12H,3-8H2,1-2H3,(H,19,20);5-7,10-11H,2-4,8-9,12-13H2,1H3,(H,19,20);8-11H,2-7H2,1H3,(H,19,20);2-5H,6H2,1H3,(H,14,15). The Morgan fingerprint density at radius 1 is 0.252 bits per heavy atom. The number of para-hydroxylation sites is 1. The Hall–Kier alpha value is -12.6. The van der Waals surface area contributed by atoms with Crippen molar-refractivity contribution in [1.82, 2.24) is 0 Å². The van der Waals surface area contributed by atoms with Crippen LogP contribution in [-0.4, -0.2) is 174 Å². The largest absolute Gasteiger partial charge is 0.497 e. The van der Waals surface area contributed by atoms with Gasteiger partial charge in [-0.05, 0) is 238 Å². The SMILES string of the molecule is CCN(C(=O)CCCCCCC(=O)O)c1ccc(Cl)cc1.CCN(C(=O)CCCCCCC(=O)O)c1ccccc1.CN(C(=O)CC(=O)O)c1ccc(Cl)cc1.CN(C(=O)CCCCCCC(=O)O)c1ccc(F)cc1.COc1ccc(N(C)C(=O)CCCCCCC(=O)O)cc1.Cc1ccc(N(C)C(=O)CCCCCCC(=O)O)cc1.Cc1ccc(N(C)C(=O)CCCCCCCCC(=O)O)cc1. The van der Waals surface area contributed by atoms with E-state index in [1.54, 1.807) is 101 Å². The minimum Gasteiger partial charge on any atom is -0.497 e. The number of methoxy groups -OCH3 is 1. The molecule has 0 aliphatic heterocycles. The van der Waals surface area contributed by atoms with Gasteiger partial charge in [-0.25, -0.2) is 4.39 Å². The van der Waals surface area contributed by atoms with E-state index in [0.29, 0.717) is 105 Å². The van der Waals surface area contributed by atoms with E-state index in [9.17, 15) is 71.5 Å². The number of hydrogen-bond acceptors (Lipinski definition) is 15. The topological polar surface area (TPSA) is 412 Å². The maximum Gasteiger partial charge on any atom is 0.312 e. The number of ether oxygens (including phenoxy) is 1. The Labute approximate surface area is 830 Å². The third kappa shape index (κ3) is 60.7. The first-order chi connectivity index (χ1) is 66.2. The van der Waals surface area contributed by atoms with Gasteiger partial charge in [-0.2, -0.15) is 0 Å². The van der Waals surface area contributed by atoms with Gasteiger partial charge in [0.1, 0.15) is 18.0 Å². The van der Waals surface area contributed by atoms with Crippen molar-refractivity contribution in [2.75, 3.05) is 89.7 Å². The van der Waals surface area contributed by atoms with Gasteiger partial charge in [-0.1, -0.05) is 167 Å². The van der Waals surface area contributed by atoms with Gasteiger partial charge >= 0.3 is 41.8 Å². The summed E-state index contributed by atoms with van der Waals surface area (Å²) in [6.45, 7) is 9.25. The van der Waals surface area contributed by atoms with Crippen LogP contribution in [0.1, 0.15) is 275 Å². The number of anilines is 7. The number of aliphatic carboxylic acids is 7. The van der Waals surface area contributed by atoms with Gasteiger partial charge in [0.05, 0.1) is 7.11 Å². The first-order valence-corrected chi connectivity index (χ1v) is 48.6. The number of aryl methyl sites for hydroxylation is 2. The lowest BCUT2D eigenvalue weighted by atomic mass is 10.1. The van der Waals surface area contributed by atoms with E-state index in [4.69, 9.17) is 63.7 Å². The second-order valence-electron chi connectivity index (χ2n) is 33.3. The number of carboxylic acid groups (broad SMARTS) is 7. The number of halogens is 3. The van der Waals surface area contributed by atoms with Crippen molar-refractivity contribution in [2.24, 2.45) is 0 Å². The molecular weight excluding hydrogens is 1830 g/mol. The molecule has 7 aromatic rings. The highest BCUT2D eigenvalue weighted by atomic mass is 35.5. The Morgan fingerprint density at radius 3 is 0.691 bits per heavy atom. The van der Waals surface area contributed by atoms with Gasteiger partial charge in [0.2, 0.25) is 41.4 Å². The number of carbonyl (C=O) groups excluding carboxylic acids is 7. The van der Waals surface area contributed by atoms with E-state index in [1.165, 1.54) is 40.1 Å². The molecule has 0 saturated carbocycles. The van der Waals surface area contributed by atoms with Gasteiger partial charge in [-0.15, -0.1) is 0 Å². The fourth-order valence-electron chi connectivity index (χ4n) is 13.6. The third-order valence-electron chi connectivity index (χ3n) is 22.0. The fourth-order valence-corrected chi connectivity index (χ4v) is 13.9. The van der Waals surface area contributed by atoms with Crippen molar-refractivity contribution in [2.45, 2.75) is 278 Å². The average molecular weight is 1970 g/mol. The Balaban J connectivity index is 0.000000813. The molecule has 0 fully saturated rings. The molecule has 0 aromatic heterocycles. The molecule has 764 valence electrons. The summed E-state index contributed by atoms with van der Waals surface area (Å²) in [7, 11) is 10.2. The Bertz CT molecular complexity index is 4640. The zero-order valence-corrected chi connectivity index (χ0v) is 84.3. The minimum atomic E-state index is -1.14. The predicted octanol–water partition coefficient (Wildman–Crippen LogP) is 23.2. The number of carbonyl (C=O) groups is 14. The van der Waals surface area contributed by atoms with E-state index in [-0.39, 0.29) is 79.8 Å². The molecule has 0 heterocycles. The van der Waals surface area contributed by atoms with Crippen LogP contribution in [0.5, 0.6) is 5.75 Å². The van der Waals surface area contributed by atoms with Gasteiger partial charge in [0, 0.05) is 175 Å². The van der Waals surface area contributed by atoms with Crippen LogP contribution in [0, 0.1) is 19.7 Å². The number of nitrogens with zero attached hydrogens (tertiary/aromatic N) is 7. The van der Waals surface area contributed by atoms with Gasteiger partial charge in [0.15, 0.2) is 0 Å². The normalized spacial score (nSPS) is 10.3. The van der Waals surface area contributed by atoms with Crippen LogP contribution in [0.25, 0.3) is 0 Å². The number of hydrogen-bond donors (Lipinski definition) is 7. The molecular formula is C107H148Cl2FN7O22. The van der Waals surface area contributed by atoms with Crippen LogP contribution in [0.3, 0.4) is 0 Å². The molecule has 0 aliphatic rings. The molecule has 7 N–H and O–H groups in total. The zero-order chi connectivity index (χ0) is 104. The molecule has 0 atom stereocenters. The smallest absolute Gasteiger partial charge is 0.312 e. The maximum absolute atomic E-state index is 12.8. The molecule has 0 aliphatic carbocycles. The number of benzene rings is 7. The summed E-state index contributed by atoms with van der Waals surface area (Å²) in [5.41, 5.74) is 8.12. The van der Waals surface area contributed by atoms with Crippen LogP contribution >= 0.6 is 23.2 Å². The predicted molar refractivity (Wildman–Crippen MR) is 548 cm³/mol. The van der Waals surface area contributed by atoms with Crippen LogP contribution in [0.15, 0.2) is 176 Å². The molecule has 32 heteroatoms. The number of amides is 7. The molecule has 0 bridgehead atoms. The average Bonchev–Trinajstić information content (AvgIpc) is 0.659. The van der Waals surface area contributed by atoms with Crippen molar-refractivity contribution in [3.63, 3.8) is 0 Å². The Kier molecular flexibility index (Phi) is 67.5. The minimum absolute atomic E-state index is 0.0187. The van der Waals surface area contributed by atoms with Crippen LogP contribution in [0.2, 0.25) is 10.0 Å².